The number of nitrogens with zero attached hydrogens (tertiary/aromatic N) is 2. The molecule has 0 aliphatic carbocycles. The molecule has 2 aromatic heterocycles. The minimum Gasteiger partial charge on any atom is -0.311 e. The maximum Gasteiger partial charge on any atom is 0.0716 e. The number of rotatable bonds is 6. The molecule has 0 radical (unpaired) electrons. The molecule has 0 amide bonds. The van der Waals surface area contributed by atoms with Crippen LogP contribution in [0.25, 0.3) is 64.5 Å². The lowest BCUT2D eigenvalue weighted by molar-refractivity contribution is 1.28. The molecule has 0 fully saturated rings. The van der Waals surface area contributed by atoms with E-state index in [0.29, 0.717) is 0 Å². The number of anilines is 3. The van der Waals surface area contributed by atoms with Gasteiger partial charge in [-0.1, -0.05) is 121 Å². The SMILES string of the molecule is c1ccc(-c2ccc(N(c3ccc(-c4ccc5ccccc5c4)cc3)c3ccc(-c4cc5sc6ccccc6c5cn4)cc3)cc2)cc1. The molecule has 0 aliphatic rings. The first-order valence-corrected chi connectivity index (χ1v) is 17.0. The maximum atomic E-state index is 4.88. The van der Waals surface area contributed by atoms with Gasteiger partial charge in [0.1, 0.15) is 0 Å². The van der Waals surface area contributed by atoms with Crippen molar-refractivity contribution in [3.8, 4) is 33.5 Å². The predicted molar refractivity (Wildman–Crippen MR) is 206 cm³/mol. The molecule has 0 atom stereocenters. The molecule has 7 aromatic carbocycles. The zero-order valence-electron chi connectivity index (χ0n) is 26.1. The zero-order valence-corrected chi connectivity index (χ0v) is 26.9. The van der Waals surface area contributed by atoms with Crippen molar-refractivity contribution in [2.75, 3.05) is 4.90 Å². The summed E-state index contributed by atoms with van der Waals surface area (Å²) in [4.78, 5) is 7.20. The number of benzene rings is 7. The molecule has 3 heteroatoms. The highest BCUT2D eigenvalue weighted by Gasteiger charge is 2.15. The predicted octanol–water partition coefficient (Wildman–Crippen LogP) is 13.1. The minimum atomic E-state index is 0.985. The summed E-state index contributed by atoms with van der Waals surface area (Å²) < 4.78 is 2.55. The van der Waals surface area contributed by atoms with E-state index < -0.39 is 0 Å². The van der Waals surface area contributed by atoms with Gasteiger partial charge in [-0.15, -0.1) is 11.3 Å². The third kappa shape index (κ3) is 5.21. The van der Waals surface area contributed by atoms with Gasteiger partial charge in [0.15, 0.2) is 0 Å². The molecule has 2 heterocycles. The molecule has 0 saturated carbocycles. The van der Waals surface area contributed by atoms with Crippen molar-refractivity contribution < 1.29 is 0 Å². The van der Waals surface area contributed by atoms with Gasteiger partial charge in [0.2, 0.25) is 0 Å². The van der Waals surface area contributed by atoms with Crippen LogP contribution in [0.2, 0.25) is 0 Å². The molecule has 9 rings (SSSR count). The summed E-state index contributed by atoms with van der Waals surface area (Å²) in [5.74, 6) is 0. The Kier molecular flexibility index (Phi) is 7.03. The van der Waals surface area contributed by atoms with Crippen LogP contribution >= 0.6 is 11.3 Å². The fourth-order valence-corrected chi connectivity index (χ4v) is 7.73. The molecule has 0 spiro atoms. The van der Waals surface area contributed by atoms with Gasteiger partial charge >= 0.3 is 0 Å². The van der Waals surface area contributed by atoms with E-state index in [1.54, 1.807) is 0 Å². The molecular weight excluding hydrogens is 601 g/mol. The van der Waals surface area contributed by atoms with Gasteiger partial charge in [-0.2, -0.15) is 0 Å². The summed E-state index contributed by atoms with van der Waals surface area (Å²) >= 11 is 1.82. The summed E-state index contributed by atoms with van der Waals surface area (Å²) in [6.45, 7) is 0. The normalized spacial score (nSPS) is 11.3. The molecule has 0 aliphatic heterocycles. The van der Waals surface area contributed by atoms with Crippen molar-refractivity contribution in [3.63, 3.8) is 0 Å². The summed E-state index contributed by atoms with van der Waals surface area (Å²) in [5, 5.41) is 4.99. The molecule has 0 N–H and O–H groups in total. The molecule has 2 nitrogen and oxygen atoms in total. The Morgan fingerprint density at radius 1 is 0.375 bits per heavy atom. The van der Waals surface area contributed by atoms with Gasteiger partial charge in [-0.25, -0.2) is 0 Å². The molecule has 9 aromatic rings. The van der Waals surface area contributed by atoms with Crippen LogP contribution in [0.5, 0.6) is 0 Å². The standard InChI is InChI=1S/C45H30N2S/c1-2-8-31(9-3-1)33-16-22-38(23-17-33)47(39-24-18-34(19-25-39)37-15-14-32-10-4-5-11-36(32)28-37)40-26-20-35(21-27-40)43-29-45-42(30-46-43)41-12-6-7-13-44(41)48-45/h1-30H. The van der Waals surface area contributed by atoms with Gasteiger partial charge in [0.05, 0.1) is 5.69 Å². The highest BCUT2D eigenvalue weighted by Crippen LogP contribution is 2.39. The van der Waals surface area contributed by atoms with E-state index in [-0.39, 0.29) is 0 Å². The summed E-state index contributed by atoms with van der Waals surface area (Å²) in [6, 6.07) is 63.0. The first-order valence-electron chi connectivity index (χ1n) is 16.2. The third-order valence-corrected chi connectivity index (χ3v) is 10.3. The van der Waals surface area contributed by atoms with Crippen LogP contribution in [0.4, 0.5) is 17.1 Å². The van der Waals surface area contributed by atoms with Crippen molar-refractivity contribution in [1.82, 2.24) is 4.98 Å². The van der Waals surface area contributed by atoms with Crippen molar-refractivity contribution in [1.29, 1.82) is 0 Å². The second kappa shape index (κ2) is 12.0. The number of pyridine rings is 1. The summed E-state index contributed by atoms with van der Waals surface area (Å²) in [7, 11) is 0. The number of thiophene rings is 1. The third-order valence-electron chi connectivity index (χ3n) is 9.13. The molecule has 0 saturated heterocycles. The van der Waals surface area contributed by atoms with Crippen LogP contribution in [-0.2, 0) is 0 Å². The van der Waals surface area contributed by atoms with Crippen molar-refractivity contribution in [2.45, 2.75) is 0 Å². The lowest BCUT2D eigenvalue weighted by Gasteiger charge is -2.26. The minimum absolute atomic E-state index is 0.985. The van der Waals surface area contributed by atoms with Crippen molar-refractivity contribution in [2.24, 2.45) is 0 Å². The summed E-state index contributed by atoms with van der Waals surface area (Å²) in [6.07, 6.45) is 2.02. The van der Waals surface area contributed by atoms with E-state index in [1.807, 2.05) is 17.5 Å². The van der Waals surface area contributed by atoms with Crippen LogP contribution in [0.1, 0.15) is 0 Å². The van der Waals surface area contributed by atoms with Gasteiger partial charge in [-0.05, 0) is 87.6 Å². The van der Waals surface area contributed by atoms with Crippen molar-refractivity contribution in [3.05, 3.63) is 182 Å². The average Bonchev–Trinajstić information content (AvgIpc) is 3.54. The monoisotopic (exact) mass is 630 g/mol. The second-order valence-electron chi connectivity index (χ2n) is 12.1. The van der Waals surface area contributed by atoms with Crippen LogP contribution < -0.4 is 4.90 Å². The molecule has 226 valence electrons. The number of hydrogen-bond donors (Lipinski definition) is 0. The van der Waals surface area contributed by atoms with Gasteiger partial charge in [0.25, 0.3) is 0 Å². The molecule has 48 heavy (non-hydrogen) atoms. The van der Waals surface area contributed by atoms with Crippen molar-refractivity contribution >= 4 is 59.3 Å². The van der Waals surface area contributed by atoms with Crippen LogP contribution in [0, 0.1) is 0 Å². The van der Waals surface area contributed by atoms with E-state index in [0.717, 1.165) is 28.3 Å². The number of hydrogen-bond acceptors (Lipinski definition) is 3. The first-order chi connectivity index (χ1) is 23.8. The lowest BCUT2D eigenvalue weighted by atomic mass is 10.0. The van der Waals surface area contributed by atoms with E-state index in [9.17, 15) is 0 Å². The average molecular weight is 631 g/mol. The lowest BCUT2D eigenvalue weighted by Crippen LogP contribution is -2.09. The van der Waals surface area contributed by atoms with Gasteiger partial charge in [0, 0.05) is 49.0 Å². The number of fused-ring (bicyclic) bond motifs is 4. The quantitative estimate of drug-likeness (QED) is 0.182. The van der Waals surface area contributed by atoms with E-state index in [4.69, 9.17) is 4.98 Å². The zero-order chi connectivity index (χ0) is 31.9. The summed E-state index contributed by atoms with van der Waals surface area (Å²) in [5.41, 5.74) is 10.2. The Morgan fingerprint density at radius 3 is 1.62 bits per heavy atom. The Labute approximate surface area is 283 Å². The van der Waals surface area contributed by atoms with E-state index in [1.165, 1.54) is 53.2 Å². The Morgan fingerprint density at radius 2 is 0.917 bits per heavy atom. The van der Waals surface area contributed by atoms with Gasteiger partial charge in [-0.3, -0.25) is 4.98 Å². The van der Waals surface area contributed by atoms with Crippen LogP contribution in [0.15, 0.2) is 182 Å². The Hall–Kier alpha value is -6.03. The Bertz CT molecular complexity index is 2530. The van der Waals surface area contributed by atoms with E-state index >= 15 is 0 Å². The Balaban J connectivity index is 1.08. The number of aromatic nitrogens is 1. The second-order valence-corrected chi connectivity index (χ2v) is 13.2. The van der Waals surface area contributed by atoms with E-state index in [2.05, 4.69) is 181 Å². The first kappa shape index (κ1) is 28.2. The molecule has 0 bridgehead atoms. The molecular formula is C45H30N2S. The topological polar surface area (TPSA) is 16.1 Å². The van der Waals surface area contributed by atoms with Crippen LogP contribution in [0.3, 0.4) is 0 Å². The fraction of sp³-hybridized carbons (Fsp3) is 0. The smallest absolute Gasteiger partial charge is 0.0716 e. The highest BCUT2D eigenvalue weighted by atomic mass is 32.1. The molecule has 0 unspecified atom stereocenters. The van der Waals surface area contributed by atoms with Crippen LogP contribution in [-0.4, -0.2) is 4.98 Å². The largest absolute Gasteiger partial charge is 0.311 e. The highest BCUT2D eigenvalue weighted by molar-refractivity contribution is 7.25. The maximum absolute atomic E-state index is 4.88. The van der Waals surface area contributed by atoms with Gasteiger partial charge < -0.3 is 4.90 Å². The fourth-order valence-electron chi connectivity index (χ4n) is 6.61.